The molecule has 3 atom stereocenters. The second-order valence-corrected chi connectivity index (χ2v) is 6.95. The zero-order chi connectivity index (χ0) is 15.4. The van der Waals surface area contributed by atoms with Gasteiger partial charge in [-0.1, -0.05) is 25.7 Å². The maximum Gasteiger partial charge on any atom is 0.189 e. The smallest absolute Gasteiger partial charge is 0.189 e. The van der Waals surface area contributed by atoms with Crippen LogP contribution in [0.15, 0.2) is 4.99 Å². The Morgan fingerprint density at radius 1 is 1.27 bits per heavy atom. The number of hydrogen-bond donors (Lipinski definition) is 2. The molecule has 0 aromatic carbocycles. The molecule has 1 spiro atoms. The summed E-state index contributed by atoms with van der Waals surface area (Å²) in [4.78, 5) is 4.75. The van der Waals surface area contributed by atoms with Gasteiger partial charge in [0, 0.05) is 25.7 Å². The molecule has 5 nitrogen and oxygen atoms in total. The molecule has 1 aliphatic heterocycles. The van der Waals surface area contributed by atoms with Crippen LogP contribution >= 0.6 is 0 Å². The molecule has 3 unspecified atom stereocenters. The van der Waals surface area contributed by atoms with E-state index in [1.165, 1.54) is 38.5 Å². The third-order valence-electron chi connectivity index (χ3n) is 5.50. The first-order chi connectivity index (χ1) is 10.7. The molecule has 5 heteroatoms. The van der Waals surface area contributed by atoms with Gasteiger partial charge in [-0.05, 0) is 32.6 Å². The molecule has 1 heterocycles. The van der Waals surface area contributed by atoms with Crippen LogP contribution in [0.5, 0.6) is 0 Å². The lowest BCUT2D eigenvalue weighted by atomic mass is 9.70. The average molecular weight is 309 g/mol. The first-order valence-electron chi connectivity index (χ1n) is 9.10. The Bertz CT molecular complexity index is 385. The van der Waals surface area contributed by atoms with Gasteiger partial charge < -0.3 is 20.5 Å². The summed E-state index contributed by atoms with van der Waals surface area (Å²) in [5.74, 6) is 0.599. The molecular weight excluding hydrogens is 278 g/mol. The number of hydrogen-bond acceptors (Lipinski definition) is 3. The Morgan fingerprint density at radius 3 is 2.68 bits per heavy atom. The Morgan fingerprint density at radius 2 is 2.05 bits per heavy atom. The maximum absolute atomic E-state index is 6.18. The Kier molecular flexibility index (Phi) is 5.24. The number of ether oxygens (including phenoxy) is 2. The SMILES string of the molecule is CCOC1CC(N=C(N)NC2CCCCCC2)C12CCCO2. The Labute approximate surface area is 134 Å². The summed E-state index contributed by atoms with van der Waals surface area (Å²) >= 11 is 0. The van der Waals surface area contributed by atoms with Gasteiger partial charge in [0.2, 0.25) is 0 Å². The van der Waals surface area contributed by atoms with Crippen molar-refractivity contribution in [2.45, 2.75) is 88.5 Å². The second kappa shape index (κ2) is 7.18. The average Bonchev–Trinajstić information content (AvgIpc) is 2.90. The van der Waals surface area contributed by atoms with Crippen LogP contribution in [0.2, 0.25) is 0 Å². The van der Waals surface area contributed by atoms with Crippen LogP contribution < -0.4 is 11.1 Å². The van der Waals surface area contributed by atoms with Gasteiger partial charge in [-0.3, -0.25) is 0 Å². The van der Waals surface area contributed by atoms with Crippen molar-refractivity contribution in [3.8, 4) is 0 Å². The van der Waals surface area contributed by atoms with E-state index in [-0.39, 0.29) is 17.7 Å². The number of nitrogens with one attached hydrogen (secondary N) is 1. The van der Waals surface area contributed by atoms with Gasteiger partial charge >= 0.3 is 0 Å². The summed E-state index contributed by atoms with van der Waals surface area (Å²) < 4.78 is 11.9. The number of rotatable bonds is 4. The highest BCUT2D eigenvalue weighted by molar-refractivity contribution is 5.78. The van der Waals surface area contributed by atoms with Crippen molar-refractivity contribution in [1.29, 1.82) is 0 Å². The summed E-state index contributed by atoms with van der Waals surface area (Å²) in [6, 6.07) is 0.652. The normalized spacial score (nSPS) is 37.0. The number of nitrogens with two attached hydrogens (primary N) is 1. The monoisotopic (exact) mass is 309 g/mol. The van der Waals surface area contributed by atoms with E-state index in [0.29, 0.717) is 12.0 Å². The van der Waals surface area contributed by atoms with Crippen molar-refractivity contribution in [3.05, 3.63) is 0 Å². The zero-order valence-electron chi connectivity index (χ0n) is 13.9. The van der Waals surface area contributed by atoms with Crippen LogP contribution in [-0.4, -0.2) is 43.0 Å². The summed E-state index contributed by atoms with van der Waals surface area (Å²) in [6.45, 7) is 3.61. The first kappa shape index (κ1) is 16.1. The van der Waals surface area contributed by atoms with Crippen LogP contribution in [0, 0.1) is 0 Å². The van der Waals surface area contributed by atoms with Gasteiger partial charge in [0.15, 0.2) is 5.96 Å². The summed E-state index contributed by atoms with van der Waals surface area (Å²) in [5.41, 5.74) is 5.98. The standard InChI is InChI=1S/C17H31N3O2/c1-2-21-15-12-14(17(15)10-7-11-22-17)20-16(18)19-13-8-5-3-4-6-9-13/h13-15H,2-12H2,1H3,(H3,18,19,20). The van der Waals surface area contributed by atoms with E-state index < -0.39 is 0 Å². The van der Waals surface area contributed by atoms with Crippen LogP contribution in [0.3, 0.4) is 0 Å². The van der Waals surface area contributed by atoms with Crippen molar-refractivity contribution in [3.63, 3.8) is 0 Å². The summed E-state index contributed by atoms with van der Waals surface area (Å²) in [7, 11) is 0. The van der Waals surface area contributed by atoms with Gasteiger partial charge in [0.05, 0.1) is 12.1 Å². The molecule has 2 aliphatic carbocycles. The van der Waals surface area contributed by atoms with Crippen molar-refractivity contribution in [1.82, 2.24) is 5.32 Å². The molecule has 0 aromatic heterocycles. The summed E-state index contributed by atoms with van der Waals surface area (Å²) in [5, 5.41) is 3.44. The van der Waals surface area contributed by atoms with E-state index in [9.17, 15) is 0 Å². The van der Waals surface area contributed by atoms with Crippen LogP contribution in [0.4, 0.5) is 0 Å². The first-order valence-corrected chi connectivity index (χ1v) is 9.10. The van der Waals surface area contributed by atoms with Crippen molar-refractivity contribution in [2.75, 3.05) is 13.2 Å². The highest BCUT2D eigenvalue weighted by atomic mass is 16.6. The molecule has 2 saturated carbocycles. The molecule has 0 amide bonds. The molecule has 3 rings (SSSR count). The number of aliphatic imine (C=N–C) groups is 1. The van der Waals surface area contributed by atoms with Crippen molar-refractivity contribution in [2.24, 2.45) is 10.7 Å². The molecule has 3 N–H and O–H groups in total. The van der Waals surface area contributed by atoms with Crippen LogP contribution in [0.25, 0.3) is 0 Å². The molecular formula is C17H31N3O2. The fourth-order valence-corrected chi connectivity index (χ4v) is 4.27. The van der Waals surface area contributed by atoms with E-state index in [2.05, 4.69) is 5.32 Å². The Balaban J connectivity index is 1.58. The number of nitrogens with zero attached hydrogens (tertiary/aromatic N) is 1. The largest absolute Gasteiger partial charge is 0.375 e. The zero-order valence-corrected chi connectivity index (χ0v) is 13.9. The molecule has 3 fully saturated rings. The minimum Gasteiger partial charge on any atom is -0.375 e. The fourth-order valence-electron chi connectivity index (χ4n) is 4.27. The lowest BCUT2D eigenvalue weighted by Crippen LogP contribution is -2.63. The maximum atomic E-state index is 6.18. The fraction of sp³-hybridized carbons (Fsp3) is 0.941. The van der Waals surface area contributed by atoms with Gasteiger partial charge in [0.25, 0.3) is 0 Å². The molecule has 126 valence electrons. The molecule has 1 saturated heterocycles. The van der Waals surface area contributed by atoms with Crippen molar-refractivity contribution < 1.29 is 9.47 Å². The highest BCUT2D eigenvalue weighted by Gasteiger charge is 2.59. The quantitative estimate of drug-likeness (QED) is 0.475. The molecule has 0 bridgehead atoms. The van der Waals surface area contributed by atoms with Gasteiger partial charge in [-0.25, -0.2) is 4.99 Å². The Hall–Kier alpha value is -0.810. The predicted molar refractivity (Wildman–Crippen MR) is 88.0 cm³/mol. The van der Waals surface area contributed by atoms with E-state index in [4.69, 9.17) is 20.2 Å². The van der Waals surface area contributed by atoms with Crippen LogP contribution in [0.1, 0.15) is 64.7 Å². The van der Waals surface area contributed by atoms with Gasteiger partial charge in [-0.2, -0.15) is 0 Å². The molecule has 0 radical (unpaired) electrons. The molecule has 3 aliphatic rings. The summed E-state index contributed by atoms with van der Waals surface area (Å²) in [6.07, 6.45) is 11.0. The van der Waals surface area contributed by atoms with E-state index in [1.807, 2.05) is 6.92 Å². The van der Waals surface area contributed by atoms with E-state index in [1.54, 1.807) is 0 Å². The van der Waals surface area contributed by atoms with E-state index >= 15 is 0 Å². The second-order valence-electron chi connectivity index (χ2n) is 6.95. The van der Waals surface area contributed by atoms with Gasteiger partial charge in [-0.15, -0.1) is 0 Å². The molecule has 0 aromatic rings. The highest BCUT2D eigenvalue weighted by Crippen LogP contribution is 2.47. The van der Waals surface area contributed by atoms with Crippen LogP contribution in [-0.2, 0) is 9.47 Å². The third kappa shape index (κ3) is 3.25. The topological polar surface area (TPSA) is 68.9 Å². The third-order valence-corrected chi connectivity index (χ3v) is 5.50. The predicted octanol–water partition coefficient (Wildman–Crippen LogP) is 2.34. The molecule has 22 heavy (non-hydrogen) atoms. The minimum absolute atomic E-state index is 0.157. The lowest BCUT2D eigenvalue weighted by molar-refractivity contribution is -0.188. The minimum atomic E-state index is -0.203. The van der Waals surface area contributed by atoms with Gasteiger partial charge in [0.1, 0.15) is 5.60 Å². The van der Waals surface area contributed by atoms with Crippen molar-refractivity contribution >= 4 is 5.96 Å². The van der Waals surface area contributed by atoms with E-state index in [0.717, 1.165) is 32.5 Å². The lowest BCUT2D eigenvalue weighted by Gasteiger charge is -2.50. The number of guanidine groups is 1.